The van der Waals surface area contributed by atoms with Crippen molar-refractivity contribution >= 4 is 17.9 Å². The number of hydrogen-bond acceptors (Lipinski definition) is 5. The minimum Gasteiger partial charge on any atom is -0.478 e. The van der Waals surface area contributed by atoms with Crippen molar-refractivity contribution < 1.29 is 42.1 Å². The first-order valence-electron chi connectivity index (χ1n) is 5.73. The van der Waals surface area contributed by atoms with Crippen molar-refractivity contribution in [1.29, 1.82) is 0 Å². The van der Waals surface area contributed by atoms with E-state index in [9.17, 15) is 27.6 Å². The molecule has 1 aromatic rings. The van der Waals surface area contributed by atoms with Crippen LogP contribution in [0.15, 0.2) is 18.2 Å². The normalized spacial score (nSPS) is 11.2. The van der Waals surface area contributed by atoms with Gasteiger partial charge in [0.15, 0.2) is 5.92 Å². The van der Waals surface area contributed by atoms with Crippen LogP contribution in [0.5, 0.6) is 0 Å². The van der Waals surface area contributed by atoms with Gasteiger partial charge in [0, 0.05) is 0 Å². The predicted octanol–water partition coefficient (Wildman–Crippen LogP) is 1.83. The zero-order valence-corrected chi connectivity index (χ0v) is 11.4. The minimum absolute atomic E-state index is 0.344. The lowest BCUT2D eigenvalue weighted by atomic mass is 9.92. The van der Waals surface area contributed by atoms with E-state index >= 15 is 0 Å². The van der Waals surface area contributed by atoms with E-state index < -0.39 is 46.7 Å². The van der Waals surface area contributed by atoms with E-state index in [2.05, 4.69) is 9.47 Å². The van der Waals surface area contributed by atoms with Crippen molar-refractivity contribution in [3.05, 3.63) is 34.9 Å². The van der Waals surface area contributed by atoms with E-state index in [0.29, 0.717) is 12.1 Å². The van der Waals surface area contributed by atoms with Crippen LogP contribution in [0.3, 0.4) is 0 Å². The van der Waals surface area contributed by atoms with E-state index in [4.69, 9.17) is 5.11 Å². The Labute approximate surface area is 122 Å². The molecule has 0 spiro atoms. The number of carbonyl (C=O) groups excluding carboxylic acids is 2. The van der Waals surface area contributed by atoms with Crippen LogP contribution in [0.25, 0.3) is 0 Å². The molecule has 0 aliphatic heterocycles. The lowest BCUT2D eigenvalue weighted by Crippen LogP contribution is -2.26. The quantitative estimate of drug-likeness (QED) is 0.672. The van der Waals surface area contributed by atoms with Gasteiger partial charge in [-0.3, -0.25) is 9.59 Å². The van der Waals surface area contributed by atoms with E-state index in [1.165, 1.54) is 0 Å². The van der Waals surface area contributed by atoms with Gasteiger partial charge in [0.05, 0.1) is 25.3 Å². The molecule has 0 atom stereocenters. The fourth-order valence-electron chi connectivity index (χ4n) is 1.76. The number of benzene rings is 1. The van der Waals surface area contributed by atoms with Crippen molar-refractivity contribution in [2.24, 2.45) is 0 Å². The third kappa shape index (κ3) is 3.54. The zero-order chi connectivity index (χ0) is 17.1. The Balaban J connectivity index is 3.53. The SMILES string of the molecule is COC(=O)C(C(=O)OC)c1ccc(C(F)(F)F)cc1C(=O)O. The van der Waals surface area contributed by atoms with Crippen molar-refractivity contribution in [3.63, 3.8) is 0 Å². The molecule has 0 amide bonds. The Kier molecular flexibility index (Phi) is 5.13. The maximum Gasteiger partial charge on any atom is 0.416 e. The number of alkyl halides is 3. The van der Waals surface area contributed by atoms with Gasteiger partial charge in [0.1, 0.15) is 0 Å². The average molecular weight is 320 g/mol. The molecule has 120 valence electrons. The Morgan fingerprint density at radius 3 is 1.95 bits per heavy atom. The number of aromatic carboxylic acids is 1. The average Bonchev–Trinajstić information content (AvgIpc) is 2.45. The van der Waals surface area contributed by atoms with E-state index in [-0.39, 0.29) is 0 Å². The number of esters is 2. The fraction of sp³-hybridized carbons (Fsp3) is 0.308. The molecule has 0 aliphatic carbocycles. The first-order valence-corrected chi connectivity index (χ1v) is 5.73. The highest BCUT2D eigenvalue weighted by Gasteiger charge is 2.37. The predicted molar refractivity (Wildman–Crippen MR) is 65.2 cm³/mol. The van der Waals surface area contributed by atoms with Gasteiger partial charge in [-0.15, -0.1) is 0 Å². The first-order chi connectivity index (χ1) is 10.1. The monoisotopic (exact) mass is 320 g/mol. The topological polar surface area (TPSA) is 89.9 Å². The van der Waals surface area contributed by atoms with Crippen molar-refractivity contribution in [3.8, 4) is 0 Å². The third-order valence-corrected chi connectivity index (χ3v) is 2.80. The highest BCUT2D eigenvalue weighted by atomic mass is 19.4. The molecule has 0 aliphatic rings. The second kappa shape index (κ2) is 6.46. The molecule has 6 nitrogen and oxygen atoms in total. The number of hydrogen-bond donors (Lipinski definition) is 1. The molecule has 0 unspecified atom stereocenters. The lowest BCUT2D eigenvalue weighted by Gasteiger charge is -2.16. The number of carboxylic acids is 1. The van der Waals surface area contributed by atoms with Crippen LogP contribution in [-0.2, 0) is 25.2 Å². The number of methoxy groups -OCH3 is 2. The molecule has 0 aromatic heterocycles. The number of halogens is 3. The van der Waals surface area contributed by atoms with Crippen molar-refractivity contribution in [2.75, 3.05) is 14.2 Å². The molecular formula is C13H11F3O6. The van der Waals surface area contributed by atoms with Crippen LogP contribution in [0.2, 0.25) is 0 Å². The summed E-state index contributed by atoms with van der Waals surface area (Å²) in [6.07, 6.45) is -4.77. The Morgan fingerprint density at radius 2 is 1.59 bits per heavy atom. The summed E-state index contributed by atoms with van der Waals surface area (Å²) in [7, 11) is 1.89. The molecule has 0 saturated carbocycles. The lowest BCUT2D eigenvalue weighted by molar-refractivity contribution is -0.154. The molecule has 0 radical (unpaired) electrons. The van der Waals surface area contributed by atoms with Gasteiger partial charge >= 0.3 is 24.1 Å². The van der Waals surface area contributed by atoms with Gasteiger partial charge in [0.25, 0.3) is 0 Å². The molecule has 0 fully saturated rings. The third-order valence-electron chi connectivity index (χ3n) is 2.80. The zero-order valence-electron chi connectivity index (χ0n) is 11.4. The van der Waals surface area contributed by atoms with Crippen LogP contribution in [0.1, 0.15) is 27.4 Å². The van der Waals surface area contributed by atoms with E-state index in [0.717, 1.165) is 20.3 Å². The van der Waals surface area contributed by atoms with Crippen molar-refractivity contribution in [2.45, 2.75) is 12.1 Å². The molecule has 1 aromatic carbocycles. The summed E-state index contributed by atoms with van der Waals surface area (Å²) >= 11 is 0. The summed E-state index contributed by atoms with van der Waals surface area (Å²) < 4.78 is 46.6. The van der Waals surface area contributed by atoms with Gasteiger partial charge in [-0.25, -0.2) is 4.79 Å². The summed E-state index contributed by atoms with van der Waals surface area (Å²) in [6, 6.07) is 1.65. The number of carboxylic acid groups (broad SMARTS) is 1. The minimum atomic E-state index is -4.77. The molecular weight excluding hydrogens is 309 g/mol. The maximum absolute atomic E-state index is 12.6. The Hall–Kier alpha value is -2.58. The molecule has 9 heteroatoms. The van der Waals surface area contributed by atoms with Gasteiger partial charge < -0.3 is 14.6 Å². The van der Waals surface area contributed by atoms with E-state index in [1.807, 2.05) is 0 Å². The van der Waals surface area contributed by atoms with Crippen LogP contribution in [0.4, 0.5) is 13.2 Å². The molecule has 0 bridgehead atoms. The second-order valence-electron chi connectivity index (χ2n) is 4.08. The fourth-order valence-corrected chi connectivity index (χ4v) is 1.76. The Bertz CT molecular complexity index is 592. The highest BCUT2D eigenvalue weighted by molar-refractivity contribution is 6.04. The van der Waals surface area contributed by atoms with Crippen molar-refractivity contribution in [1.82, 2.24) is 0 Å². The number of rotatable bonds is 4. The smallest absolute Gasteiger partial charge is 0.416 e. The molecule has 1 N–H and O–H groups in total. The number of ether oxygens (including phenoxy) is 2. The summed E-state index contributed by atoms with van der Waals surface area (Å²) in [5, 5.41) is 9.04. The first kappa shape index (κ1) is 17.5. The van der Waals surface area contributed by atoms with Crippen LogP contribution < -0.4 is 0 Å². The largest absolute Gasteiger partial charge is 0.478 e. The second-order valence-corrected chi connectivity index (χ2v) is 4.08. The number of carbonyl (C=O) groups is 3. The van der Waals surface area contributed by atoms with Gasteiger partial charge in [-0.1, -0.05) is 6.07 Å². The molecule has 0 heterocycles. The molecule has 0 saturated heterocycles. The summed E-state index contributed by atoms with van der Waals surface area (Å²) in [4.78, 5) is 34.4. The molecule has 1 rings (SSSR count). The van der Waals surface area contributed by atoms with Gasteiger partial charge in [-0.2, -0.15) is 13.2 Å². The van der Waals surface area contributed by atoms with E-state index in [1.54, 1.807) is 0 Å². The highest BCUT2D eigenvalue weighted by Crippen LogP contribution is 2.33. The standard InChI is InChI=1S/C13H11F3O6/c1-21-11(19)9(12(20)22-2)7-4-3-6(13(14,15)16)5-8(7)10(17)18/h3-5,9H,1-2H3,(H,17,18). The maximum atomic E-state index is 12.6. The summed E-state index contributed by atoms with van der Waals surface area (Å²) in [6.45, 7) is 0. The molecule has 22 heavy (non-hydrogen) atoms. The summed E-state index contributed by atoms with van der Waals surface area (Å²) in [5.41, 5.74) is -2.50. The van der Waals surface area contributed by atoms with Gasteiger partial charge in [0.2, 0.25) is 0 Å². The van der Waals surface area contributed by atoms with Crippen LogP contribution in [0, 0.1) is 0 Å². The Morgan fingerprint density at radius 1 is 1.09 bits per heavy atom. The summed E-state index contributed by atoms with van der Waals surface area (Å²) in [5.74, 6) is -5.80. The van der Waals surface area contributed by atoms with Gasteiger partial charge in [-0.05, 0) is 17.7 Å². The van der Waals surface area contributed by atoms with Crippen LogP contribution in [-0.4, -0.2) is 37.2 Å². The van der Waals surface area contributed by atoms with Crippen LogP contribution >= 0.6 is 0 Å².